The Kier molecular flexibility index (Phi) is 3.31. The van der Waals surface area contributed by atoms with Crippen molar-refractivity contribution < 1.29 is 4.43 Å². The highest BCUT2D eigenvalue weighted by Gasteiger charge is 2.19. The highest BCUT2D eigenvalue weighted by Crippen LogP contribution is 2.31. The third-order valence-corrected chi connectivity index (χ3v) is 3.75. The van der Waals surface area contributed by atoms with Crippen molar-refractivity contribution in [3.8, 4) is 0 Å². The summed E-state index contributed by atoms with van der Waals surface area (Å²) in [5.41, 5.74) is 2.71. The molecule has 0 fully saturated rings. The van der Waals surface area contributed by atoms with Crippen LogP contribution in [0, 0.1) is 5.92 Å². The normalized spacial score (nSPS) is 15.4. The van der Waals surface area contributed by atoms with E-state index in [9.17, 15) is 0 Å². The van der Waals surface area contributed by atoms with Gasteiger partial charge in [-0.1, -0.05) is 36.4 Å². The quantitative estimate of drug-likeness (QED) is 0.715. The number of allylic oxidation sites excluding steroid dienone is 1. The van der Waals surface area contributed by atoms with Gasteiger partial charge in [0.15, 0.2) is 8.32 Å². The first-order valence-electron chi connectivity index (χ1n) is 5.83. The molecule has 0 amide bonds. The Morgan fingerprint density at radius 2 is 1.81 bits per heavy atom. The van der Waals surface area contributed by atoms with Crippen LogP contribution in [0.15, 0.2) is 30.3 Å². The van der Waals surface area contributed by atoms with E-state index in [2.05, 4.69) is 56.1 Å². The summed E-state index contributed by atoms with van der Waals surface area (Å²) in [6, 6.07) is 8.55. The molecule has 0 unspecified atom stereocenters. The highest BCUT2D eigenvalue weighted by molar-refractivity contribution is 6.69. The molecule has 85 valence electrons. The maximum Gasteiger partial charge on any atom is 0.183 e. The second-order valence-corrected chi connectivity index (χ2v) is 9.67. The van der Waals surface area contributed by atoms with E-state index >= 15 is 0 Å². The smallest absolute Gasteiger partial charge is 0.183 e. The fourth-order valence-electron chi connectivity index (χ4n) is 1.90. The van der Waals surface area contributed by atoms with Gasteiger partial charge in [0.2, 0.25) is 0 Å². The van der Waals surface area contributed by atoms with Crippen LogP contribution >= 0.6 is 0 Å². The first-order valence-corrected chi connectivity index (χ1v) is 9.24. The largest absolute Gasteiger partial charge is 0.418 e. The summed E-state index contributed by atoms with van der Waals surface area (Å²) in [5, 5.41) is 0. The second kappa shape index (κ2) is 4.56. The summed E-state index contributed by atoms with van der Waals surface area (Å²) >= 11 is 0. The van der Waals surface area contributed by atoms with Gasteiger partial charge in [-0.25, -0.2) is 0 Å². The predicted octanol–water partition coefficient (Wildman–Crippen LogP) is 3.88. The Labute approximate surface area is 99.3 Å². The molecular formula is C14H19OSi. The van der Waals surface area contributed by atoms with Crippen molar-refractivity contribution in [1.29, 1.82) is 0 Å². The van der Waals surface area contributed by atoms with Crippen LogP contribution in [0.3, 0.4) is 0 Å². The van der Waals surface area contributed by atoms with Crippen molar-refractivity contribution in [2.45, 2.75) is 26.1 Å². The molecular weight excluding hydrogens is 212 g/mol. The molecule has 0 saturated heterocycles. The molecule has 0 aromatic heterocycles. The van der Waals surface area contributed by atoms with Gasteiger partial charge in [0.25, 0.3) is 0 Å². The number of hydrogen-bond donors (Lipinski definition) is 0. The van der Waals surface area contributed by atoms with Gasteiger partial charge in [0.1, 0.15) is 0 Å². The summed E-state index contributed by atoms with van der Waals surface area (Å²) < 4.78 is 5.89. The summed E-state index contributed by atoms with van der Waals surface area (Å²) in [4.78, 5) is 0. The Hall–Kier alpha value is -0.863. The number of fused-ring (bicyclic) bond motifs is 1. The van der Waals surface area contributed by atoms with Crippen LogP contribution in [-0.4, -0.2) is 14.9 Å². The molecule has 1 radical (unpaired) electrons. The van der Waals surface area contributed by atoms with E-state index in [4.69, 9.17) is 4.43 Å². The maximum atomic E-state index is 5.89. The zero-order chi connectivity index (χ0) is 11.6. The lowest BCUT2D eigenvalue weighted by molar-refractivity contribution is 0.312. The molecule has 1 aliphatic carbocycles. The molecule has 0 bridgehead atoms. The number of hydrogen-bond acceptors (Lipinski definition) is 1. The number of rotatable bonds is 4. The first-order chi connectivity index (χ1) is 7.56. The molecule has 0 aliphatic heterocycles. The zero-order valence-electron chi connectivity index (χ0n) is 10.3. The van der Waals surface area contributed by atoms with Gasteiger partial charge in [-0.15, -0.1) is 0 Å². The first kappa shape index (κ1) is 11.6. The molecule has 0 atom stereocenters. The van der Waals surface area contributed by atoms with Crippen LogP contribution in [0.4, 0.5) is 0 Å². The lowest BCUT2D eigenvalue weighted by Gasteiger charge is -2.18. The Morgan fingerprint density at radius 3 is 2.56 bits per heavy atom. The van der Waals surface area contributed by atoms with Gasteiger partial charge in [-0.05, 0) is 37.2 Å². The van der Waals surface area contributed by atoms with E-state index < -0.39 is 8.32 Å². The maximum absolute atomic E-state index is 5.89. The highest BCUT2D eigenvalue weighted by atomic mass is 28.4. The fourth-order valence-corrected chi connectivity index (χ4v) is 2.61. The second-order valence-electron chi connectivity index (χ2n) is 5.16. The molecule has 1 aromatic rings. The molecule has 0 saturated carbocycles. The third-order valence-electron chi connectivity index (χ3n) is 2.68. The standard InChI is InChI=1S/C14H19OSi/c1-16(2,3)15-11-10-13-9-8-12-6-4-5-7-14(12)13/h4-9H,10-11H2,1-3H3. The van der Waals surface area contributed by atoms with Crippen LogP contribution < -0.4 is 0 Å². The fraction of sp³-hybridized carbons (Fsp3) is 0.357. The molecule has 1 nitrogen and oxygen atoms in total. The van der Waals surface area contributed by atoms with E-state index in [1.54, 1.807) is 0 Å². The minimum absolute atomic E-state index is 0.851. The Balaban J connectivity index is 1.92. The monoisotopic (exact) mass is 231 g/mol. The van der Waals surface area contributed by atoms with Crippen LogP contribution in [0.5, 0.6) is 0 Å². The van der Waals surface area contributed by atoms with Crippen LogP contribution in [0.1, 0.15) is 17.5 Å². The molecule has 1 aliphatic rings. The van der Waals surface area contributed by atoms with E-state index in [1.165, 1.54) is 17.0 Å². The summed E-state index contributed by atoms with van der Waals surface area (Å²) in [6.45, 7) is 7.55. The Bertz CT molecular complexity index is 390. The Morgan fingerprint density at radius 1 is 1.06 bits per heavy atom. The topological polar surface area (TPSA) is 9.23 Å². The SMILES string of the molecule is C[Si](C)(C)OCC[C]1C=Cc2ccccc21. The minimum atomic E-state index is -1.36. The van der Waals surface area contributed by atoms with Crippen molar-refractivity contribution in [3.05, 3.63) is 47.4 Å². The third kappa shape index (κ3) is 2.83. The molecule has 1 aromatic carbocycles. The molecule has 2 heteroatoms. The zero-order valence-corrected chi connectivity index (χ0v) is 11.3. The van der Waals surface area contributed by atoms with Crippen molar-refractivity contribution in [2.24, 2.45) is 0 Å². The minimum Gasteiger partial charge on any atom is -0.418 e. The molecule has 2 rings (SSSR count). The molecule has 0 heterocycles. The molecule has 0 N–H and O–H groups in total. The van der Waals surface area contributed by atoms with Crippen molar-refractivity contribution in [1.82, 2.24) is 0 Å². The van der Waals surface area contributed by atoms with Crippen LogP contribution in [0.2, 0.25) is 19.6 Å². The van der Waals surface area contributed by atoms with Crippen molar-refractivity contribution in [2.75, 3.05) is 6.61 Å². The van der Waals surface area contributed by atoms with Gasteiger partial charge in [0, 0.05) is 12.5 Å². The average molecular weight is 231 g/mol. The lowest BCUT2D eigenvalue weighted by Crippen LogP contribution is -2.26. The van der Waals surface area contributed by atoms with Crippen molar-refractivity contribution in [3.63, 3.8) is 0 Å². The summed E-state index contributed by atoms with van der Waals surface area (Å²) in [5.74, 6) is 1.41. The van der Waals surface area contributed by atoms with E-state index in [-0.39, 0.29) is 0 Å². The van der Waals surface area contributed by atoms with Gasteiger partial charge < -0.3 is 4.43 Å². The number of benzene rings is 1. The average Bonchev–Trinajstić information content (AvgIpc) is 2.60. The van der Waals surface area contributed by atoms with E-state index in [0.717, 1.165) is 13.0 Å². The van der Waals surface area contributed by atoms with E-state index in [0.29, 0.717) is 0 Å². The summed E-state index contributed by atoms with van der Waals surface area (Å²) in [7, 11) is -1.36. The van der Waals surface area contributed by atoms with Crippen molar-refractivity contribution >= 4 is 14.4 Å². The van der Waals surface area contributed by atoms with Gasteiger partial charge in [-0.3, -0.25) is 0 Å². The van der Waals surface area contributed by atoms with Crippen LogP contribution in [0.25, 0.3) is 6.08 Å². The van der Waals surface area contributed by atoms with Gasteiger partial charge >= 0.3 is 0 Å². The van der Waals surface area contributed by atoms with Gasteiger partial charge in [0.05, 0.1) is 0 Å². The summed E-state index contributed by atoms with van der Waals surface area (Å²) in [6.07, 6.45) is 5.44. The molecule has 16 heavy (non-hydrogen) atoms. The van der Waals surface area contributed by atoms with Gasteiger partial charge in [-0.2, -0.15) is 0 Å². The predicted molar refractivity (Wildman–Crippen MR) is 71.7 cm³/mol. The van der Waals surface area contributed by atoms with E-state index in [1.807, 2.05) is 0 Å². The molecule has 0 spiro atoms. The van der Waals surface area contributed by atoms with Crippen LogP contribution in [-0.2, 0) is 4.43 Å². The lowest BCUT2D eigenvalue weighted by atomic mass is 9.98.